The minimum atomic E-state index is 0.847. The quantitative estimate of drug-likeness (QED) is 0.563. The van der Waals surface area contributed by atoms with Crippen molar-refractivity contribution < 1.29 is 0 Å². The molecule has 0 aliphatic carbocycles. The topological polar surface area (TPSA) is 12.0 Å². The van der Waals surface area contributed by atoms with Gasteiger partial charge in [0.25, 0.3) is 0 Å². The second-order valence-corrected chi connectivity index (χ2v) is 5.58. The molecule has 58 valence electrons. The maximum Gasteiger partial charge on any atom is 0.0202 e. The van der Waals surface area contributed by atoms with Crippen LogP contribution in [0.5, 0.6) is 0 Å². The maximum absolute atomic E-state index is 3.59. The van der Waals surface area contributed by atoms with Crippen LogP contribution in [0.3, 0.4) is 0 Å². The molecule has 2 heterocycles. The van der Waals surface area contributed by atoms with Gasteiger partial charge in [-0.25, -0.2) is 0 Å². The summed E-state index contributed by atoms with van der Waals surface area (Å²) in [4.78, 5) is 0. The fourth-order valence-electron chi connectivity index (χ4n) is 1.67. The van der Waals surface area contributed by atoms with Gasteiger partial charge < -0.3 is 5.32 Å². The van der Waals surface area contributed by atoms with Crippen LogP contribution in [0.15, 0.2) is 0 Å². The van der Waals surface area contributed by atoms with Crippen molar-refractivity contribution in [1.82, 2.24) is 5.32 Å². The van der Waals surface area contributed by atoms with Crippen molar-refractivity contribution >= 4 is 21.6 Å². The maximum atomic E-state index is 3.59. The molecule has 1 N–H and O–H groups in total. The standard InChI is InChI=1S/C7H13NS2/c1-2-6-4-9-10-5-7(6)8-3-1/h6-8H,1-5H2/t6-,7-/m1/s1. The number of nitrogens with one attached hydrogen (secondary N) is 1. The summed E-state index contributed by atoms with van der Waals surface area (Å²) in [5, 5.41) is 3.59. The van der Waals surface area contributed by atoms with Crippen molar-refractivity contribution in [1.29, 1.82) is 0 Å². The van der Waals surface area contributed by atoms with Gasteiger partial charge in [-0.2, -0.15) is 0 Å². The molecule has 0 bridgehead atoms. The predicted molar refractivity (Wildman–Crippen MR) is 49.4 cm³/mol. The highest BCUT2D eigenvalue weighted by atomic mass is 33.1. The van der Waals surface area contributed by atoms with Gasteiger partial charge in [0.2, 0.25) is 0 Å². The Morgan fingerprint density at radius 3 is 3.00 bits per heavy atom. The van der Waals surface area contributed by atoms with Crippen LogP contribution in [0, 0.1) is 5.92 Å². The van der Waals surface area contributed by atoms with Crippen LogP contribution in [0.1, 0.15) is 12.8 Å². The lowest BCUT2D eigenvalue weighted by Crippen LogP contribution is -2.45. The highest BCUT2D eigenvalue weighted by Crippen LogP contribution is 2.36. The predicted octanol–water partition coefficient (Wildman–Crippen LogP) is 1.75. The van der Waals surface area contributed by atoms with E-state index in [0.717, 1.165) is 12.0 Å². The van der Waals surface area contributed by atoms with E-state index in [1.54, 1.807) is 0 Å². The second-order valence-electron chi connectivity index (χ2n) is 3.03. The molecule has 2 saturated heterocycles. The van der Waals surface area contributed by atoms with Gasteiger partial charge in [-0.3, -0.25) is 0 Å². The van der Waals surface area contributed by atoms with Crippen LogP contribution in [0.2, 0.25) is 0 Å². The fourth-order valence-corrected chi connectivity index (χ4v) is 4.52. The Hall–Kier alpha value is 0.660. The number of rotatable bonds is 0. The average molecular weight is 175 g/mol. The molecule has 0 aromatic rings. The molecule has 2 rings (SSSR count). The monoisotopic (exact) mass is 175 g/mol. The van der Waals surface area contributed by atoms with E-state index in [0.29, 0.717) is 0 Å². The summed E-state index contributed by atoms with van der Waals surface area (Å²) in [5.41, 5.74) is 0. The van der Waals surface area contributed by atoms with Crippen LogP contribution >= 0.6 is 21.6 Å². The summed E-state index contributed by atoms with van der Waals surface area (Å²) >= 11 is 0. The van der Waals surface area contributed by atoms with Crippen molar-refractivity contribution in [2.75, 3.05) is 18.1 Å². The van der Waals surface area contributed by atoms with Crippen molar-refractivity contribution in [3.05, 3.63) is 0 Å². The van der Waals surface area contributed by atoms with Crippen molar-refractivity contribution in [2.24, 2.45) is 5.92 Å². The average Bonchev–Trinajstić information content (AvgIpc) is 2.05. The van der Waals surface area contributed by atoms with Gasteiger partial charge in [-0.1, -0.05) is 21.6 Å². The number of hydrogen-bond donors (Lipinski definition) is 1. The summed E-state index contributed by atoms with van der Waals surface area (Å²) in [5.74, 6) is 3.69. The van der Waals surface area contributed by atoms with Gasteiger partial charge in [-0.15, -0.1) is 0 Å². The van der Waals surface area contributed by atoms with E-state index >= 15 is 0 Å². The molecule has 2 atom stereocenters. The zero-order valence-electron chi connectivity index (χ0n) is 6.01. The first kappa shape index (κ1) is 7.32. The zero-order chi connectivity index (χ0) is 6.81. The van der Waals surface area contributed by atoms with E-state index in [9.17, 15) is 0 Å². The highest BCUT2D eigenvalue weighted by molar-refractivity contribution is 8.76. The molecule has 3 heteroatoms. The molecule has 0 saturated carbocycles. The SMILES string of the molecule is C1CN[C@@H]2CSSC[C@H]2C1. The van der Waals surface area contributed by atoms with E-state index in [4.69, 9.17) is 0 Å². The molecule has 0 spiro atoms. The number of hydrogen-bond acceptors (Lipinski definition) is 3. The molecular weight excluding hydrogens is 162 g/mol. The van der Waals surface area contributed by atoms with E-state index < -0.39 is 0 Å². The summed E-state index contributed by atoms with van der Waals surface area (Å²) in [6.07, 6.45) is 2.86. The largest absolute Gasteiger partial charge is 0.313 e. The van der Waals surface area contributed by atoms with Crippen LogP contribution in [-0.4, -0.2) is 24.1 Å². The summed E-state index contributed by atoms with van der Waals surface area (Å²) in [6.45, 7) is 1.26. The molecule has 2 aliphatic heterocycles. The van der Waals surface area contributed by atoms with E-state index in [-0.39, 0.29) is 0 Å². The first-order valence-electron chi connectivity index (χ1n) is 3.94. The minimum absolute atomic E-state index is 0.847. The Morgan fingerprint density at radius 2 is 2.10 bits per heavy atom. The van der Waals surface area contributed by atoms with Gasteiger partial charge >= 0.3 is 0 Å². The summed E-state index contributed by atoms with van der Waals surface area (Å²) < 4.78 is 0. The Morgan fingerprint density at radius 1 is 1.20 bits per heavy atom. The Balaban J connectivity index is 1.93. The fraction of sp³-hybridized carbons (Fsp3) is 1.00. The normalized spacial score (nSPS) is 40.8. The van der Waals surface area contributed by atoms with Gasteiger partial charge in [-0.05, 0) is 25.3 Å². The summed E-state index contributed by atoms with van der Waals surface area (Å²) in [7, 11) is 4.09. The molecule has 2 fully saturated rings. The first-order valence-corrected chi connectivity index (χ1v) is 6.43. The molecule has 0 aromatic carbocycles. The molecule has 0 aromatic heterocycles. The van der Waals surface area contributed by atoms with Crippen LogP contribution in [0.4, 0.5) is 0 Å². The van der Waals surface area contributed by atoms with E-state index in [2.05, 4.69) is 16.1 Å². The van der Waals surface area contributed by atoms with Crippen molar-refractivity contribution in [3.63, 3.8) is 0 Å². The van der Waals surface area contributed by atoms with Crippen molar-refractivity contribution in [3.8, 4) is 0 Å². The van der Waals surface area contributed by atoms with Gasteiger partial charge in [0.1, 0.15) is 0 Å². The molecule has 2 aliphatic rings. The lowest BCUT2D eigenvalue weighted by Gasteiger charge is -2.35. The Bertz CT molecular complexity index is 92.2. The lowest BCUT2D eigenvalue weighted by molar-refractivity contribution is 0.327. The minimum Gasteiger partial charge on any atom is -0.313 e. The third kappa shape index (κ3) is 1.46. The summed E-state index contributed by atoms with van der Waals surface area (Å²) in [6, 6.07) is 0.847. The van der Waals surface area contributed by atoms with Crippen LogP contribution in [-0.2, 0) is 0 Å². The van der Waals surface area contributed by atoms with E-state index in [1.165, 1.54) is 30.9 Å². The smallest absolute Gasteiger partial charge is 0.0202 e. The van der Waals surface area contributed by atoms with Gasteiger partial charge in [0.15, 0.2) is 0 Å². The van der Waals surface area contributed by atoms with Crippen LogP contribution in [0.25, 0.3) is 0 Å². The molecule has 0 unspecified atom stereocenters. The highest BCUT2D eigenvalue weighted by Gasteiger charge is 2.27. The first-order chi connectivity index (χ1) is 4.97. The second kappa shape index (κ2) is 3.37. The number of fused-ring (bicyclic) bond motifs is 1. The third-order valence-electron chi connectivity index (χ3n) is 2.34. The van der Waals surface area contributed by atoms with Crippen molar-refractivity contribution in [2.45, 2.75) is 18.9 Å². The van der Waals surface area contributed by atoms with Gasteiger partial charge in [0, 0.05) is 17.5 Å². The Labute approximate surface area is 70.1 Å². The molecule has 0 radical (unpaired) electrons. The lowest BCUT2D eigenvalue weighted by atomic mass is 9.94. The molecule has 10 heavy (non-hydrogen) atoms. The van der Waals surface area contributed by atoms with Gasteiger partial charge in [0.05, 0.1) is 0 Å². The zero-order valence-corrected chi connectivity index (χ0v) is 7.64. The third-order valence-corrected chi connectivity index (χ3v) is 4.88. The number of piperidine rings is 1. The molecule has 0 amide bonds. The molecule has 1 nitrogen and oxygen atoms in total. The van der Waals surface area contributed by atoms with Crippen LogP contribution < -0.4 is 5.32 Å². The van der Waals surface area contributed by atoms with E-state index in [1.807, 2.05) is 10.8 Å². The molecular formula is C7H13NS2. The Kier molecular flexibility index (Phi) is 2.47.